The van der Waals surface area contributed by atoms with Crippen molar-refractivity contribution in [3.63, 3.8) is 0 Å². The maximum Gasteiger partial charge on any atom is 0.124 e. The third kappa shape index (κ3) is 1.85. The van der Waals surface area contributed by atoms with Crippen LogP contribution in [0.4, 0.5) is 0 Å². The van der Waals surface area contributed by atoms with Crippen molar-refractivity contribution in [2.75, 3.05) is 13.2 Å². The van der Waals surface area contributed by atoms with Gasteiger partial charge in [-0.25, -0.2) is 0 Å². The molecule has 0 spiro atoms. The number of carbonyl (C=O) groups is 1. The third-order valence-corrected chi connectivity index (χ3v) is 2.73. The molecule has 1 aromatic carbocycles. The van der Waals surface area contributed by atoms with E-state index in [0.29, 0.717) is 12.3 Å². The van der Waals surface area contributed by atoms with E-state index in [0.717, 1.165) is 31.5 Å². The quantitative estimate of drug-likeness (QED) is 0.681. The molecule has 1 aliphatic rings. The number of aldehydes is 1. The van der Waals surface area contributed by atoms with E-state index >= 15 is 0 Å². The van der Waals surface area contributed by atoms with Gasteiger partial charge >= 0.3 is 0 Å². The molecule has 2 nitrogen and oxygen atoms in total. The highest BCUT2D eigenvalue weighted by atomic mass is 16.5. The largest absolute Gasteiger partial charge is 0.381 e. The molecule has 1 heterocycles. The first-order valence-electron chi connectivity index (χ1n) is 5.01. The van der Waals surface area contributed by atoms with Crippen molar-refractivity contribution >= 4 is 6.29 Å². The molecule has 2 rings (SSSR count). The highest BCUT2D eigenvalue weighted by Crippen LogP contribution is 2.27. The van der Waals surface area contributed by atoms with Crippen LogP contribution in [-0.4, -0.2) is 19.5 Å². The summed E-state index contributed by atoms with van der Waals surface area (Å²) in [5.41, 5.74) is 2.44. The van der Waals surface area contributed by atoms with E-state index in [-0.39, 0.29) is 0 Å². The zero-order valence-corrected chi connectivity index (χ0v) is 8.11. The van der Waals surface area contributed by atoms with E-state index in [4.69, 9.17) is 4.74 Å². The van der Waals surface area contributed by atoms with Gasteiger partial charge in [0.15, 0.2) is 0 Å². The molecule has 0 amide bonds. The van der Waals surface area contributed by atoms with Crippen LogP contribution in [-0.2, 0) is 16.0 Å². The molecule has 0 bridgehead atoms. The van der Waals surface area contributed by atoms with Crippen LogP contribution in [0.25, 0.3) is 0 Å². The number of ether oxygens (including phenoxy) is 1. The Bertz CT molecular complexity index is 314. The Balaban J connectivity index is 2.25. The summed E-state index contributed by atoms with van der Waals surface area (Å²) in [5.74, 6) is 0.492. The van der Waals surface area contributed by atoms with Crippen molar-refractivity contribution in [1.29, 1.82) is 0 Å². The lowest BCUT2D eigenvalue weighted by Crippen LogP contribution is -2.02. The zero-order valence-electron chi connectivity index (χ0n) is 8.11. The topological polar surface area (TPSA) is 26.3 Å². The molecule has 1 aromatic rings. The summed E-state index contributed by atoms with van der Waals surface area (Å²) >= 11 is 0. The maximum absolute atomic E-state index is 10.5. The van der Waals surface area contributed by atoms with Gasteiger partial charge < -0.3 is 9.53 Å². The van der Waals surface area contributed by atoms with Crippen LogP contribution in [0.1, 0.15) is 23.5 Å². The van der Waals surface area contributed by atoms with Crippen LogP contribution < -0.4 is 0 Å². The first kappa shape index (κ1) is 9.41. The zero-order chi connectivity index (χ0) is 9.80. The van der Waals surface area contributed by atoms with Gasteiger partial charge in [0, 0.05) is 18.9 Å². The summed E-state index contributed by atoms with van der Waals surface area (Å²) in [7, 11) is 0. The Morgan fingerprint density at radius 1 is 1.43 bits per heavy atom. The predicted octanol–water partition coefficient (Wildman–Crippen LogP) is 1.93. The monoisotopic (exact) mass is 190 g/mol. The predicted molar refractivity (Wildman–Crippen MR) is 54.4 cm³/mol. The van der Waals surface area contributed by atoms with Crippen molar-refractivity contribution in [2.24, 2.45) is 0 Å². The summed E-state index contributed by atoms with van der Waals surface area (Å²) in [6, 6.07) is 8.15. The van der Waals surface area contributed by atoms with Gasteiger partial charge in [-0.15, -0.1) is 0 Å². The molecule has 1 aliphatic heterocycles. The average Bonchev–Trinajstić information content (AvgIpc) is 2.72. The Labute approximate surface area is 83.9 Å². The van der Waals surface area contributed by atoms with Gasteiger partial charge in [0.25, 0.3) is 0 Å². The number of rotatable bonds is 3. The molecule has 2 heteroatoms. The normalized spacial score (nSPS) is 21.0. The van der Waals surface area contributed by atoms with Gasteiger partial charge in [-0.05, 0) is 17.5 Å². The van der Waals surface area contributed by atoms with Crippen molar-refractivity contribution in [3.05, 3.63) is 35.4 Å². The molecule has 0 N–H and O–H groups in total. The minimum Gasteiger partial charge on any atom is -0.381 e. The fraction of sp³-hybridized carbons (Fsp3) is 0.417. The number of carbonyl (C=O) groups excluding carboxylic acids is 1. The molecule has 1 unspecified atom stereocenters. The van der Waals surface area contributed by atoms with Gasteiger partial charge in [0.05, 0.1) is 6.61 Å². The summed E-state index contributed by atoms with van der Waals surface area (Å²) < 4.78 is 5.36. The minimum atomic E-state index is 0.492. The van der Waals surface area contributed by atoms with E-state index in [1.165, 1.54) is 5.56 Å². The van der Waals surface area contributed by atoms with E-state index in [1.807, 2.05) is 18.2 Å². The number of benzene rings is 1. The lowest BCUT2D eigenvalue weighted by atomic mass is 9.92. The van der Waals surface area contributed by atoms with Crippen molar-refractivity contribution in [3.8, 4) is 0 Å². The molecule has 0 radical (unpaired) electrons. The molecule has 1 atom stereocenters. The Morgan fingerprint density at radius 2 is 2.29 bits per heavy atom. The van der Waals surface area contributed by atoms with Gasteiger partial charge in [-0.3, -0.25) is 0 Å². The summed E-state index contributed by atoms with van der Waals surface area (Å²) in [4.78, 5) is 10.5. The second kappa shape index (κ2) is 4.38. The summed E-state index contributed by atoms with van der Waals surface area (Å²) in [6.07, 6.45) is 2.57. The average molecular weight is 190 g/mol. The molecule has 1 saturated heterocycles. The fourth-order valence-electron chi connectivity index (χ4n) is 1.99. The minimum absolute atomic E-state index is 0.492. The van der Waals surface area contributed by atoms with Gasteiger partial charge in [0.2, 0.25) is 0 Å². The molecule has 1 fully saturated rings. The molecule has 14 heavy (non-hydrogen) atoms. The van der Waals surface area contributed by atoms with Crippen LogP contribution in [0.2, 0.25) is 0 Å². The Hall–Kier alpha value is -1.15. The third-order valence-electron chi connectivity index (χ3n) is 2.73. The summed E-state index contributed by atoms with van der Waals surface area (Å²) in [5, 5.41) is 0. The lowest BCUT2D eigenvalue weighted by Gasteiger charge is -2.12. The standard InChI is InChI=1S/C12H14O2/c13-7-5-10-3-1-2-4-12(10)11-6-8-14-9-11/h1-4,7,11H,5-6,8-9H2. The molecule has 0 saturated carbocycles. The maximum atomic E-state index is 10.5. The van der Waals surface area contributed by atoms with Crippen LogP contribution in [0.3, 0.4) is 0 Å². The van der Waals surface area contributed by atoms with E-state index in [1.54, 1.807) is 0 Å². The van der Waals surface area contributed by atoms with Gasteiger partial charge in [0.1, 0.15) is 6.29 Å². The SMILES string of the molecule is O=CCc1ccccc1C1CCOC1. The first-order valence-corrected chi connectivity index (χ1v) is 5.01. The van der Waals surface area contributed by atoms with Gasteiger partial charge in [-0.1, -0.05) is 24.3 Å². The Kier molecular flexibility index (Phi) is 2.94. The van der Waals surface area contributed by atoms with Crippen LogP contribution in [0, 0.1) is 0 Å². The van der Waals surface area contributed by atoms with E-state index in [9.17, 15) is 4.79 Å². The molecular formula is C12H14O2. The second-order valence-corrected chi connectivity index (χ2v) is 3.63. The molecular weight excluding hydrogens is 176 g/mol. The molecule has 0 aliphatic carbocycles. The van der Waals surface area contributed by atoms with Crippen molar-refractivity contribution in [1.82, 2.24) is 0 Å². The van der Waals surface area contributed by atoms with Crippen LogP contribution in [0.15, 0.2) is 24.3 Å². The van der Waals surface area contributed by atoms with Crippen molar-refractivity contribution < 1.29 is 9.53 Å². The van der Waals surface area contributed by atoms with Gasteiger partial charge in [-0.2, -0.15) is 0 Å². The second-order valence-electron chi connectivity index (χ2n) is 3.63. The fourth-order valence-corrected chi connectivity index (χ4v) is 1.99. The van der Waals surface area contributed by atoms with E-state index in [2.05, 4.69) is 6.07 Å². The highest BCUT2D eigenvalue weighted by Gasteiger charge is 2.19. The van der Waals surface area contributed by atoms with Crippen molar-refractivity contribution in [2.45, 2.75) is 18.8 Å². The van der Waals surface area contributed by atoms with Crippen LogP contribution in [0.5, 0.6) is 0 Å². The van der Waals surface area contributed by atoms with Crippen LogP contribution >= 0.6 is 0 Å². The highest BCUT2D eigenvalue weighted by molar-refractivity contribution is 5.56. The smallest absolute Gasteiger partial charge is 0.124 e. The molecule has 74 valence electrons. The lowest BCUT2D eigenvalue weighted by molar-refractivity contribution is -0.107. The number of hydrogen-bond acceptors (Lipinski definition) is 2. The number of hydrogen-bond donors (Lipinski definition) is 0. The molecule has 0 aromatic heterocycles. The Morgan fingerprint density at radius 3 is 3.00 bits per heavy atom. The summed E-state index contributed by atoms with van der Waals surface area (Å²) in [6.45, 7) is 1.65. The van der Waals surface area contributed by atoms with E-state index < -0.39 is 0 Å². The first-order chi connectivity index (χ1) is 6.92.